The Morgan fingerprint density at radius 3 is 2.17 bits per heavy atom. The maximum absolute atomic E-state index is 5.36. The summed E-state index contributed by atoms with van der Waals surface area (Å²) in [4.78, 5) is 0. The largest absolute Gasteiger partial charge is 0.381 e. The highest BCUT2D eigenvalue weighted by Gasteiger charge is 2.10. The van der Waals surface area contributed by atoms with Crippen molar-refractivity contribution in [3.63, 3.8) is 0 Å². The van der Waals surface area contributed by atoms with Gasteiger partial charge in [-0.3, -0.25) is 0 Å². The zero-order valence-electron chi connectivity index (χ0n) is 8.06. The highest BCUT2D eigenvalue weighted by Crippen LogP contribution is 2.22. The van der Waals surface area contributed by atoms with Crippen molar-refractivity contribution in [3.8, 4) is 0 Å². The molecule has 1 aliphatic rings. The van der Waals surface area contributed by atoms with Gasteiger partial charge in [0.25, 0.3) is 0 Å². The second-order valence-corrected chi connectivity index (χ2v) is 3.79. The first-order valence-electron chi connectivity index (χ1n) is 5.30. The van der Waals surface area contributed by atoms with Crippen molar-refractivity contribution in [3.05, 3.63) is 6.92 Å². The molecule has 0 unspecified atom stereocenters. The van der Waals surface area contributed by atoms with Crippen LogP contribution < -0.4 is 0 Å². The van der Waals surface area contributed by atoms with Crippen LogP contribution in [-0.4, -0.2) is 13.2 Å². The summed E-state index contributed by atoms with van der Waals surface area (Å²) in [7, 11) is 0. The van der Waals surface area contributed by atoms with E-state index in [0.29, 0.717) is 6.61 Å². The molecular formula is C11H21O. The first-order valence-corrected chi connectivity index (χ1v) is 5.30. The molecule has 71 valence electrons. The maximum atomic E-state index is 5.36. The van der Waals surface area contributed by atoms with Crippen molar-refractivity contribution in [1.29, 1.82) is 0 Å². The van der Waals surface area contributed by atoms with Crippen LogP contribution in [0.4, 0.5) is 0 Å². The van der Waals surface area contributed by atoms with E-state index >= 15 is 0 Å². The van der Waals surface area contributed by atoms with Crippen molar-refractivity contribution >= 4 is 0 Å². The molecule has 1 rings (SSSR count). The van der Waals surface area contributed by atoms with Gasteiger partial charge in [0.2, 0.25) is 0 Å². The van der Waals surface area contributed by atoms with Crippen molar-refractivity contribution in [2.75, 3.05) is 13.2 Å². The molecule has 1 fully saturated rings. The van der Waals surface area contributed by atoms with Crippen LogP contribution >= 0.6 is 0 Å². The minimum Gasteiger partial charge on any atom is -0.381 e. The summed E-state index contributed by atoms with van der Waals surface area (Å²) in [5.74, 6) is 0.826. The Morgan fingerprint density at radius 2 is 1.58 bits per heavy atom. The molecular weight excluding hydrogens is 148 g/mol. The van der Waals surface area contributed by atoms with Crippen LogP contribution in [-0.2, 0) is 4.74 Å². The molecule has 1 radical (unpaired) electrons. The lowest BCUT2D eigenvalue weighted by molar-refractivity contribution is 0.109. The van der Waals surface area contributed by atoms with E-state index in [0.717, 1.165) is 12.5 Å². The lowest BCUT2D eigenvalue weighted by atomic mass is 9.92. The van der Waals surface area contributed by atoms with Crippen LogP contribution in [0.5, 0.6) is 0 Å². The molecule has 0 amide bonds. The minimum atomic E-state index is 0.635. The quantitative estimate of drug-likeness (QED) is 0.630. The molecule has 0 N–H and O–H groups in total. The molecule has 0 aromatic heterocycles. The van der Waals surface area contributed by atoms with Gasteiger partial charge >= 0.3 is 0 Å². The van der Waals surface area contributed by atoms with Crippen molar-refractivity contribution in [2.45, 2.75) is 44.9 Å². The lowest BCUT2D eigenvalue weighted by Crippen LogP contribution is -2.11. The van der Waals surface area contributed by atoms with Gasteiger partial charge in [0.15, 0.2) is 0 Å². The summed E-state index contributed by atoms with van der Waals surface area (Å²) in [5.41, 5.74) is 0. The van der Waals surface area contributed by atoms with Gasteiger partial charge in [-0.1, -0.05) is 32.1 Å². The molecule has 1 nitrogen and oxygen atoms in total. The number of hydrogen-bond acceptors (Lipinski definition) is 1. The molecule has 1 aliphatic carbocycles. The fourth-order valence-corrected chi connectivity index (χ4v) is 1.96. The monoisotopic (exact) mass is 169 g/mol. The summed E-state index contributed by atoms with van der Waals surface area (Å²) < 4.78 is 5.36. The fourth-order valence-electron chi connectivity index (χ4n) is 1.96. The average Bonchev–Trinajstić information content (AvgIpc) is 2.02. The Morgan fingerprint density at radius 1 is 1.00 bits per heavy atom. The van der Waals surface area contributed by atoms with Gasteiger partial charge in [-0.25, -0.2) is 0 Å². The van der Waals surface area contributed by atoms with E-state index in [2.05, 4.69) is 6.92 Å². The lowest BCUT2D eigenvalue weighted by Gasteiger charge is -2.18. The molecule has 0 aliphatic heterocycles. The standard InChI is InChI=1S/C11H21O/c1-2-12-10-11-8-6-4-3-5-7-9-11/h11H,1-10H2. The smallest absolute Gasteiger partial charge is 0.0494 e. The highest BCUT2D eigenvalue weighted by molar-refractivity contribution is 4.63. The average molecular weight is 169 g/mol. The summed E-state index contributed by atoms with van der Waals surface area (Å²) in [6.45, 7) is 5.27. The van der Waals surface area contributed by atoms with Gasteiger partial charge in [-0.15, -0.1) is 0 Å². The Hall–Kier alpha value is -0.0400. The molecule has 0 bridgehead atoms. The van der Waals surface area contributed by atoms with E-state index < -0.39 is 0 Å². The van der Waals surface area contributed by atoms with E-state index in [9.17, 15) is 0 Å². The molecule has 0 heterocycles. The van der Waals surface area contributed by atoms with Crippen molar-refractivity contribution < 1.29 is 4.74 Å². The van der Waals surface area contributed by atoms with E-state index in [1.54, 1.807) is 0 Å². The molecule has 12 heavy (non-hydrogen) atoms. The van der Waals surface area contributed by atoms with E-state index in [1.165, 1.54) is 44.9 Å². The topological polar surface area (TPSA) is 9.23 Å². The van der Waals surface area contributed by atoms with E-state index in [1.807, 2.05) is 0 Å². The van der Waals surface area contributed by atoms with Crippen LogP contribution in [0.15, 0.2) is 0 Å². The molecule has 0 aromatic rings. The number of ether oxygens (including phenoxy) is 1. The summed E-state index contributed by atoms with van der Waals surface area (Å²) in [6, 6.07) is 0. The van der Waals surface area contributed by atoms with Crippen LogP contribution in [0.3, 0.4) is 0 Å². The van der Waals surface area contributed by atoms with Crippen molar-refractivity contribution in [2.24, 2.45) is 5.92 Å². The Balaban J connectivity index is 2.11. The summed E-state index contributed by atoms with van der Waals surface area (Å²) in [6.07, 6.45) is 9.88. The van der Waals surface area contributed by atoms with Gasteiger partial charge in [0.05, 0.1) is 0 Å². The molecule has 0 aromatic carbocycles. The van der Waals surface area contributed by atoms with Crippen LogP contribution in [0.2, 0.25) is 0 Å². The van der Waals surface area contributed by atoms with Gasteiger partial charge in [0.1, 0.15) is 0 Å². The predicted molar refractivity (Wildman–Crippen MR) is 52.0 cm³/mol. The van der Waals surface area contributed by atoms with Crippen LogP contribution in [0.1, 0.15) is 44.9 Å². The third-order valence-corrected chi connectivity index (χ3v) is 2.72. The Bertz CT molecular complexity index is 90.4. The molecule has 0 spiro atoms. The molecule has 0 saturated heterocycles. The Labute approximate surface area is 76.5 Å². The molecule has 0 atom stereocenters. The van der Waals surface area contributed by atoms with Gasteiger partial charge < -0.3 is 4.74 Å². The predicted octanol–water partition coefficient (Wildman–Crippen LogP) is 3.20. The first kappa shape index (κ1) is 10.0. The third-order valence-electron chi connectivity index (χ3n) is 2.72. The maximum Gasteiger partial charge on any atom is 0.0494 e. The second-order valence-electron chi connectivity index (χ2n) is 3.79. The minimum absolute atomic E-state index is 0.635. The number of rotatable bonds is 3. The van der Waals surface area contributed by atoms with Gasteiger partial charge in [-0.05, 0) is 25.7 Å². The zero-order chi connectivity index (χ0) is 8.65. The Kier molecular flexibility index (Phi) is 5.42. The normalized spacial score (nSPS) is 21.8. The molecule has 1 saturated carbocycles. The third kappa shape index (κ3) is 4.10. The van der Waals surface area contributed by atoms with E-state index in [-0.39, 0.29) is 0 Å². The van der Waals surface area contributed by atoms with Crippen molar-refractivity contribution in [1.82, 2.24) is 0 Å². The highest BCUT2D eigenvalue weighted by atomic mass is 16.5. The fraction of sp³-hybridized carbons (Fsp3) is 0.909. The van der Waals surface area contributed by atoms with E-state index in [4.69, 9.17) is 4.74 Å². The van der Waals surface area contributed by atoms with Crippen LogP contribution in [0.25, 0.3) is 0 Å². The summed E-state index contributed by atoms with van der Waals surface area (Å²) >= 11 is 0. The van der Waals surface area contributed by atoms with Crippen LogP contribution in [0, 0.1) is 12.8 Å². The first-order chi connectivity index (χ1) is 5.93. The molecule has 1 heteroatoms. The SMILES string of the molecule is [CH2]COCC1CCCCCCC1. The second kappa shape index (κ2) is 6.47. The van der Waals surface area contributed by atoms with Gasteiger partial charge in [-0.2, -0.15) is 0 Å². The zero-order valence-corrected chi connectivity index (χ0v) is 8.06. The van der Waals surface area contributed by atoms with Gasteiger partial charge in [0, 0.05) is 13.2 Å². The summed E-state index contributed by atoms with van der Waals surface area (Å²) in [5, 5.41) is 0. The number of hydrogen-bond donors (Lipinski definition) is 0.